The van der Waals surface area contributed by atoms with Crippen molar-refractivity contribution in [1.29, 1.82) is 0 Å². The first-order valence-corrected chi connectivity index (χ1v) is 11.0. The third-order valence-corrected chi connectivity index (χ3v) is 5.86. The van der Waals surface area contributed by atoms with Crippen molar-refractivity contribution in [3.8, 4) is 0 Å². The van der Waals surface area contributed by atoms with Crippen LogP contribution in [0.5, 0.6) is 0 Å². The minimum Gasteiger partial charge on any atom is -0.308 e. The number of benzene rings is 3. The molecule has 3 rings (SSSR count). The summed E-state index contributed by atoms with van der Waals surface area (Å²) >= 11 is 0. The van der Waals surface area contributed by atoms with Crippen LogP contribution in [0.4, 0.5) is 25.0 Å². The Bertz CT molecular complexity index is 1110. The molecule has 0 bridgehead atoms. The van der Waals surface area contributed by atoms with Crippen LogP contribution in [0.2, 0.25) is 0 Å². The quantitative estimate of drug-likeness (QED) is 0.506. The fourth-order valence-electron chi connectivity index (χ4n) is 2.82. The smallest absolute Gasteiger partial charge is 0.308 e. The second-order valence-electron chi connectivity index (χ2n) is 6.63. The van der Waals surface area contributed by atoms with E-state index in [-0.39, 0.29) is 18.0 Å². The summed E-state index contributed by atoms with van der Waals surface area (Å²) in [7, 11) is -3.80. The van der Waals surface area contributed by atoms with Crippen LogP contribution in [0, 0.1) is 11.6 Å². The molecular weight excluding hydrogens is 424 g/mol. The van der Waals surface area contributed by atoms with Crippen LogP contribution in [-0.4, -0.2) is 27.5 Å². The molecular formula is C22H21F2N3O3S. The van der Waals surface area contributed by atoms with Crippen molar-refractivity contribution >= 4 is 27.4 Å². The van der Waals surface area contributed by atoms with Crippen molar-refractivity contribution in [2.45, 2.75) is 11.3 Å². The topological polar surface area (TPSA) is 78.5 Å². The number of amides is 2. The molecule has 0 spiro atoms. The molecule has 0 heterocycles. The third-order valence-electron chi connectivity index (χ3n) is 4.38. The van der Waals surface area contributed by atoms with Gasteiger partial charge in [-0.15, -0.1) is 0 Å². The Balaban J connectivity index is 1.65. The van der Waals surface area contributed by atoms with Gasteiger partial charge in [-0.1, -0.05) is 18.2 Å². The Morgan fingerprint density at radius 1 is 0.839 bits per heavy atom. The number of anilines is 2. The maximum atomic E-state index is 13.3. The van der Waals surface area contributed by atoms with E-state index < -0.39 is 27.7 Å². The highest BCUT2D eigenvalue weighted by molar-refractivity contribution is 7.89. The van der Waals surface area contributed by atoms with Gasteiger partial charge in [0.25, 0.3) is 0 Å². The van der Waals surface area contributed by atoms with E-state index in [2.05, 4.69) is 10.0 Å². The van der Waals surface area contributed by atoms with E-state index in [1.807, 2.05) is 6.07 Å². The Labute approximate surface area is 179 Å². The number of hydrogen-bond donors (Lipinski definition) is 2. The monoisotopic (exact) mass is 445 g/mol. The second-order valence-corrected chi connectivity index (χ2v) is 8.40. The van der Waals surface area contributed by atoms with Crippen LogP contribution in [0.15, 0.2) is 83.8 Å². The van der Waals surface area contributed by atoms with E-state index in [4.69, 9.17) is 0 Å². The molecule has 0 atom stereocenters. The number of nitrogens with one attached hydrogen (secondary N) is 2. The molecule has 2 amide bonds. The number of hydrogen-bond acceptors (Lipinski definition) is 3. The lowest BCUT2D eigenvalue weighted by Gasteiger charge is -2.23. The molecule has 0 saturated heterocycles. The highest BCUT2D eigenvalue weighted by atomic mass is 32.2. The lowest BCUT2D eigenvalue weighted by Crippen LogP contribution is -2.37. The molecule has 31 heavy (non-hydrogen) atoms. The van der Waals surface area contributed by atoms with Gasteiger partial charge in [-0.25, -0.2) is 26.7 Å². The standard InChI is InChI=1S/C22H21F2N3O3S/c23-17-7-11-20(12-8-17)27(22(28)26-19-5-2-1-3-6-19)16-4-15-25-31(29,30)21-13-9-18(24)10-14-21/h1-3,5-14,25H,4,15-16H2,(H,26,28). The van der Waals surface area contributed by atoms with E-state index >= 15 is 0 Å². The molecule has 162 valence electrons. The number of rotatable bonds is 8. The summed E-state index contributed by atoms with van der Waals surface area (Å²) in [4.78, 5) is 14.1. The first kappa shape index (κ1) is 22.4. The molecule has 0 fully saturated rings. The predicted molar refractivity (Wildman–Crippen MR) is 115 cm³/mol. The summed E-state index contributed by atoms with van der Waals surface area (Å²) in [6.07, 6.45) is 0.292. The SMILES string of the molecule is O=C(Nc1ccccc1)N(CCCNS(=O)(=O)c1ccc(F)cc1)c1ccc(F)cc1. The molecule has 0 unspecified atom stereocenters. The predicted octanol–water partition coefficient (Wildman–Crippen LogP) is 4.37. The molecule has 0 aliphatic heterocycles. The van der Waals surface area contributed by atoms with Crippen molar-refractivity contribution in [3.05, 3.63) is 90.5 Å². The molecule has 6 nitrogen and oxygen atoms in total. The number of carbonyl (C=O) groups is 1. The molecule has 0 aliphatic carbocycles. The van der Waals surface area contributed by atoms with Crippen molar-refractivity contribution in [1.82, 2.24) is 4.72 Å². The van der Waals surface area contributed by atoms with Crippen molar-refractivity contribution < 1.29 is 22.0 Å². The largest absolute Gasteiger partial charge is 0.326 e. The highest BCUT2D eigenvalue weighted by Gasteiger charge is 2.17. The van der Waals surface area contributed by atoms with Gasteiger partial charge in [-0.3, -0.25) is 4.90 Å². The Morgan fingerprint density at radius 3 is 2.03 bits per heavy atom. The first-order valence-electron chi connectivity index (χ1n) is 9.49. The zero-order chi connectivity index (χ0) is 22.3. The lowest BCUT2D eigenvalue weighted by molar-refractivity contribution is 0.257. The fraction of sp³-hybridized carbons (Fsp3) is 0.136. The number of sulfonamides is 1. The van der Waals surface area contributed by atoms with Crippen LogP contribution >= 0.6 is 0 Å². The molecule has 2 N–H and O–H groups in total. The normalized spacial score (nSPS) is 11.2. The van der Waals surface area contributed by atoms with Gasteiger partial charge in [0, 0.05) is 24.5 Å². The second kappa shape index (κ2) is 10.1. The third kappa shape index (κ3) is 6.34. The number of halogens is 2. The van der Waals surface area contributed by atoms with Crippen molar-refractivity contribution in [2.24, 2.45) is 0 Å². The van der Waals surface area contributed by atoms with Crippen molar-refractivity contribution in [3.63, 3.8) is 0 Å². The maximum Gasteiger partial charge on any atom is 0.326 e. The van der Waals surface area contributed by atoms with Crippen molar-refractivity contribution in [2.75, 3.05) is 23.3 Å². The molecule has 0 aliphatic rings. The summed E-state index contributed by atoms with van der Waals surface area (Å²) < 4.78 is 53.3. The van der Waals surface area contributed by atoms with Crippen LogP contribution in [0.25, 0.3) is 0 Å². The molecule has 0 saturated carbocycles. The van der Waals surface area contributed by atoms with E-state index in [0.29, 0.717) is 17.8 Å². The first-order chi connectivity index (χ1) is 14.8. The molecule has 0 radical (unpaired) electrons. The number of carbonyl (C=O) groups excluding carboxylic acids is 1. The average molecular weight is 445 g/mol. The summed E-state index contributed by atoms with van der Waals surface area (Å²) in [6.45, 7) is 0.228. The van der Waals surface area contributed by atoms with Crippen LogP contribution in [0.3, 0.4) is 0 Å². The number of urea groups is 1. The van der Waals surface area contributed by atoms with E-state index in [9.17, 15) is 22.0 Å². The zero-order valence-electron chi connectivity index (χ0n) is 16.5. The van der Waals surface area contributed by atoms with Crippen LogP contribution in [0.1, 0.15) is 6.42 Å². The van der Waals surface area contributed by atoms with Gasteiger partial charge in [0.05, 0.1) is 4.90 Å². The Kier molecular flexibility index (Phi) is 7.32. The summed E-state index contributed by atoms with van der Waals surface area (Å²) in [5.41, 5.74) is 1.06. The van der Waals surface area contributed by atoms with Gasteiger partial charge in [0.15, 0.2) is 0 Å². The molecule has 9 heteroatoms. The van der Waals surface area contributed by atoms with Gasteiger partial charge in [0.2, 0.25) is 10.0 Å². The average Bonchev–Trinajstić information content (AvgIpc) is 2.75. The summed E-state index contributed by atoms with van der Waals surface area (Å²) in [5.74, 6) is -0.961. The Hall–Kier alpha value is -3.30. The Morgan fingerprint density at radius 2 is 1.42 bits per heavy atom. The van der Waals surface area contributed by atoms with E-state index in [0.717, 1.165) is 12.1 Å². The van der Waals surface area contributed by atoms with Crippen LogP contribution in [-0.2, 0) is 10.0 Å². The zero-order valence-corrected chi connectivity index (χ0v) is 17.3. The molecule has 3 aromatic carbocycles. The lowest BCUT2D eigenvalue weighted by atomic mass is 10.2. The van der Waals surface area contributed by atoms with E-state index in [1.165, 1.54) is 41.3 Å². The summed E-state index contributed by atoms with van der Waals surface area (Å²) in [5, 5.41) is 2.76. The van der Waals surface area contributed by atoms with Gasteiger partial charge in [-0.2, -0.15) is 0 Å². The number of nitrogens with zero attached hydrogens (tertiary/aromatic N) is 1. The summed E-state index contributed by atoms with van der Waals surface area (Å²) in [6, 6.07) is 18.3. The van der Waals surface area contributed by atoms with Crippen LogP contribution < -0.4 is 14.9 Å². The van der Waals surface area contributed by atoms with Gasteiger partial charge < -0.3 is 5.32 Å². The fourth-order valence-corrected chi connectivity index (χ4v) is 3.90. The molecule has 0 aromatic heterocycles. The minimum absolute atomic E-state index is 0.0499. The van der Waals surface area contributed by atoms with Gasteiger partial charge in [0.1, 0.15) is 11.6 Å². The van der Waals surface area contributed by atoms with Gasteiger partial charge in [-0.05, 0) is 67.1 Å². The number of para-hydroxylation sites is 1. The highest BCUT2D eigenvalue weighted by Crippen LogP contribution is 2.18. The maximum absolute atomic E-state index is 13.3. The molecule has 3 aromatic rings. The van der Waals surface area contributed by atoms with Gasteiger partial charge >= 0.3 is 6.03 Å². The minimum atomic E-state index is -3.80. The van der Waals surface area contributed by atoms with E-state index in [1.54, 1.807) is 24.3 Å².